The maximum Gasteiger partial charge on any atom is 0.229 e. The Balaban J connectivity index is 2.80. The molecule has 2 rings (SSSR count). The summed E-state index contributed by atoms with van der Waals surface area (Å²) in [6, 6.07) is 1.80. The van der Waals surface area contributed by atoms with Gasteiger partial charge in [-0.2, -0.15) is 0 Å². The molecule has 2 N–H and O–H groups in total. The summed E-state index contributed by atoms with van der Waals surface area (Å²) in [5.41, 5.74) is 3.25. The third-order valence-electron chi connectivity index (χ3n) is 4.60. The topological polar surface area (TPSA) is 74.6 Å². The highest BCUT2D eigenvalue weighted by atomic mass is 16.3. The van der Waals surface area contributed by atoms with Gasteiger partial charge in [0.15, 0.2) is 11.5 Å². The maximum atomic E-state index is 12.3. The second kappa shape index (κ2) is 6.27. The van der Waals surface area contributed by atoms with Gasteiger partial charge in [0.05, 0.1) is 0 Å². The summed E-state index contributed by atoms with van der Waals surface area (Å²) in [6.45, 7) is 10.9. The Kier molecular flexibility index (Phi) is 4.70. The average Bonchev–Trinajstić information content (AvgIpc) is 2.51. The van der Waals surface area contributed by atoms with Gasteiger partial charge < -0.3 is 10.2 Å². The Hall–Kier alpha value is -2.36. The number of carbonyl (C=O) groups excluding carboxylic acids is 2. The van der Waals surface area contributed by atoms with Crippen LogP contribution in [0, 0.1) is 12.8 Å². The van der Waals surface area contributed by atoms with Gasteiger partial charge in [0.1, 0.15) is 0 Å². The molecule has 0 saturated carbocycles. The van der Waals surface area contributed by atoms with E-state index in [1.54, 1.807) is 26.0 Å². The van der Waals surface area contributed by atoms with Gasteiger partial charge in [0.2, 0.25) is 11.6 Å². The van der Waals surface area contributed by atoms with Gasteiger partial charge in [-0.15, -0.1) is 0 Å². The van der Waals surface area contributed by atoms with E-state index in [1.807, 2.05) is 27.7 Å². The zero-order chi connectivity index (χ0) is 18.3. The van der Waals surface area contributed by atoms with Crippen molar-refractivity contribution in [2.45, 2.75) is 47.5 Å². The molecule has 24 heavy (non-hydrogen) atoms. The van der Waals surface area contributed by atoms with Gasteiger partial charge in [-0.05, 0) is 49.0 Å². The van der Waals surface area contributed by atoms with Gasteiger partial charge in [0.25, 0.3) is 0 Å². The summed E-state index contributed by atoms with van der Waals surface area (Å²) in [6.07, 6.45) is 1.74. The fourth-order valence-corrected chi connectivity index (χ4v) is 2.96. The fraction of sp³-hybridized carbons (Fsp3) is 0.400. The summed E-state index contributed by atoms with van der Waals surface area (Å²) in [5.74, 6) is -1.34. The van der Waals surface area contributed by atoms with Gasteiger partial charge >= 0.3 is 0 Å². The van der Waals surface area contributed by atoms with Crippen molar-refractivity contribution in [2.75, 3.05) is 0 Å². The van der Waals surface area contributed by atoms with Crippen LogP contribution < -0.4 is 0 Å². The van der Waals surface area contributed by atoms with E-state index in [9.17, 15) is 19.8 Å². The predicted molar refractivity (Wildman–Crippen MR) is 94.1 cm³/mol. The SMILES string of the molecule is CC1=C(c2cc(C(C)C)c(O)c(O)c2C)C=C(C(C)C)C(=O)C1=O. The van der Waals surface area contributed by atoms with Crippen LogP contribution in [0.3, 0.4) is 0 Å². The van der Waals surface area contributed by atoms with E-state index in [1.165, 1.54) is 0 Å². The van der Waals surface area contributed by atoms with Crippen LogP contribution in [-0.4, -0.2) is 21.8 Å². The van der Waals surface area contributed by atoms with Crippen LogP contribution in [0.2, 0.25) is 0 Å². The number of phenols is 2. The van der Waals surface area contributed by atoms with E-state index in [4.69, 9.17) is 0 Å². The van der Waals surface area contributed by atoms with Crippen molar-refractivity contribution in [1.29, 1.82) is 0 Å². The molecule has 1 aromatic rings. The third kappa shape index (κ3) is 2.77. The molecule has 0 heterocycles. The molecule has 0 radical (unpaired) electrons. The number of ketones is 2. The van der Waals surface area contributed by atoms with E-state index in [0.29, 0.717) is 33.4 Å². The van der Waals surface area contributed by atoms with Crippen molar-refractivity contribution in [3.8, 4) is 11.5 Å². The zero-order valence-corrected chi connectivity index (χ0v) is 15.0. The van der Waals surface area contributed by atoms with Crippen molar-refractivity contribution in [3.63, 3.8) is 0 Å². The molecule has 0 spiro atoms. The summed E-state index contributed by atoms with van der Waals surface area (Å²) in [4.78, 5) is 24.5. The van der Waals surface area contributed by atoms with Crippen LogP contribution >= 0.6 is 0 Å². The fourth-order valence-electron chi connectivity index (χ4n) is 2.96. The number of carbonyl (C=O) groups is 2. The van der Waals surface area contributed by atoms with E-state index in [-0.39, 0.29) is 23.3 Å². The molecule has 0 amide bonds. The van der Waals surface area contributed by atoms with E-state index in [0.717, 1.165) is 0 Å². The molecule has 0 aromatic heterocycles. The molecule has 4 heteroatoms. The first-order valence-corrected chi connectivity index (χ1v) is 8.15. The van der Waals surface area contributed by atoms with Crippen molar-refractivity contribution < 1.29 is 19.8 Å². The minimum atomic E-state index is -0.505. The minimum absolute atomic E-state index is 0.00521. The first kappa shape index (κ1) is 18.0. The van der Waals surface area contributed by atoms with Crippen LogP contribution in [0.1, 0.15) is 57.2 Å². The number of allylic oxidation sites excluding steroid dienone is 4. The van der Waals surface area contributed by atoms with Crippen LogP contribution in [0.25, 0.3) is 5.57 Å². The van der Waals surface area contributed by atoms with Crippen molar-refractivity contribution in [1.82, 2.24) is 0 Å². The number of rotatable bonds is 3. The number of benzene rings is 1. The van der Waals surface area contributed by atoms with Crippen molar-refractivity contribution in [3.05, 3.63) is 40.0 Å². The number of Topliss-reactive ketones (excluding diaryl/α,β-unsaturated/α-hetero) is 2. The lowest BCUT2D eigenvalue weighted by atomic mass is 9.81. The summed E-state index contributed by atoms with van der Waals surface area (Å²) in [5, 5.41) is 20.5. The highest BCUT2D eigenvalue weighted by Gasteiger charge is 2.30. The predicted octanol–water partition coefficient (Wildman–Crippen LogP) is 4.04. The number of phenolic OH excluding ortho intramolecular Hbond substituents is 2. The molecule has 1 aromatic carbocycles. The number of hydrogen-bond donors (Lipinski definition) is 2. The summed E-state index contributed by atoms with van der Waals surface area (Å²) < 4.78 is 0. The molecule has 0 unspecified atom stereocenters. The number of hydrogen-bond acceptors (Lipinski definition) is 4. The lowest BCUT2D eigenvalue weighted by Crippen LogP contribution is -2.24. The second-order valence-corrected chi connectivity index (χ2v) is 6.94. The highest BCUT2D eigenvalue weighted by molar-refractivity contribution is 6.51. The van der Waals surface area contributed by atoms with Gasteiger partial charge in [-0.25, -0.2) is 0 Å². The van der Waals surface area contributed by atoms with Gasteiger partial charge in [-0.3, -0.25) is 9.59 Å². The molecule has 1 aliphatic rings. The Morgan fingerprint density at radius 2 is 1.46 bits per heavy atom. The summed E-state index contributed by atoms with van der Waals surface area (Å²) in [7, 11) is 0. The maximum absolute atomic E-state index is 12.3. The van der Waals surface area contributed by atoms with Crippen molar-refractivity contribution >= 4 is 17.1 Å². The zero-order valence-electron chi connectivity index (χ0n) is 15.0. The first-order valence-electron chi connectivity index (χ1n) is 8.15. The normalized spacial score (nSPS) is 15.6. The molecule has 4 nitrogen and oxygen atoms in total. The molecule has 1 aliphatic carbocycles. The van der Waals surface area contributed by atoms with Gasteiger partial charge in [0, 0.05) is 22.3 Å². The largest absolute Gasteiger partial charge is 0.504 e. The van der Waals surface area contributed by atoms with Crippen molar-refractivity contribution in [2.24, 2.45) is 5.92 Å². The minimum Gasteiger partial charge on any atom is -0.504 e. The van der Waals surface area contributed by atoms with Crippen LogP contribution in [0.5, 0.6) is 11.5 Å². The highest BCUT2D eigenvalue weighted by Crippen LogP contribution is 2.42. The number of aromatic hydroxyl groups is 2. The lowest BCUT2D eigenvalue weighted by molar-refractivity contribution is -0.132. The Morgan fingerprint density at radius 1 is 0.875 bits per heavy atom. The monoisotopic (exact) mass is 328 g/mol. The molecule has 128 valence electrons. The van der Waals surface area contributed by atoms with Crippen LogP contribution in [0.4, 0.5) is 0 Å². The average molecular weight is 328 g/mol. The Morgan fingerprint density at radius 3 is 1.96 bits per heavy atom. The standard InChI is InChI=1S/C20H24O4/c1-9(2)13-7-15(11(5)17(21)19(13)23)16-8-14(10(3)4)20(24)18(22)12(16)6/h7-10,21,23H,1-6H3. The molecule has 0 bridgehead atoms. The first-order chi connectivity index (χ1) is 11.1. The lowest BCUT2D eigenvalue weighted by Gasteiger charge is -2.22. The molecular weight excluding hydrogens is 304 g/mol. The molecule has 0 fully saturated rings. The summed E-state index contributed by atoms with van der Waals surface area (Å²) >= 11 is 0. The second-order valence-electron chi connectivity index (χ2n) is 6.94. The third-order valence-corrected chi connectivity index (χ3v) is 4.60. The Labute approximate surface area is 142 Å². The molecule has 0 saturated heterocycles. The van der Waals surface area contributed by atoms with E-state index in [2.05, 4.69) is 0 Å². The smallest absolute Gasteiger partial charge is 0.229 e. The van der Waals surface area contributed by atoms with Crippen LogP contribution in [-0.2, 0) is 9.59 Å². The van der Waals surface area contributed by atoms with Crippen LogP contribution in [0.15, 0.2) is 23.3 Å². The Bertz CT molecular complexity index is 792. The molecule has 0 atom stereocenters. The quantitative estimate of drug-likeness (QED) is 0.499. The van der Waals surface area contributed by atoms with E-state index < -0.39 is 11.6 Å². The molecule has 0 aliphatic heterocycles. The van der Waals surface area contributed by atoms with E-state index >= 15 is 0 Å². The van der Waals surface area contributed by atoms with Gasteiger partial charge in [-0.1, -0.05) is 27.7 Å². The molecular formula is C20H24O4.